The molecule has 1 fully saturated rings. The van der Waals surface area contributed by atoms with Crippen LogP contribution < -0.4 is 15.4 Å². The van der Waals surface area contributed by atoms with Gasteiger partial charge in [-0.1, -0.05) is 13.8 Å². The van der Waals surface area contributed by atoms with E-state index in [1.807, 2.05) is 0 Å². The van der Waals surface area contributed by atoms with Crippen molar-refractivity contribution in [2.45, 2.75) is 32.9 Å². The quantitative estimate of drug-likeness (QED) is 0.612. The van der Waals surface area contributed by atoms with Gasteiger partial charge in [-0.2, -0.15) is 8.78 Å². The average Bonchev–Trinajstić information content (AvgIpc) is 2.69. The van der Waals surface area contributed by atoms with Gasteiger partial charge in [-0.3, -0.25) is 14.5 Å². The number of carbonyl (C=O) groups is 2. The number of hydrogen-bond donors (Lipinski definition) is 2. The summed E-state index contributed by atoms with van der Waals surface area (Å²) in [5.74, 6) is -0.279. The molecule has 1 atom stereocenters. The molecule has 2 rings (SSSR count). The number of ether oxygens (including phenoxy) is 2. The van der Waals surface area contributed by atoms with Crippen molar-refractivity contribution in [2.75, 3.05) is 39.4 Å². The van der Waals surface area contributed by atoms with E-state index in [-0.39, 0.29) is 29.8 Å². The molecule has 7 nitrogen and oxygen atoms in total. The highest BCUT2D eigenvalue weighted by Crippen LogP contribution is 2.15. The lowest BCUT2D eigenvalue weighted by atomic mass is 10.0. The number of carbonyl (C=O) groups excluding carboxylic acids is 2. The number of morpholine rings is 1. The maximum absolute atomic E-state index is 12.2. The van der Waals surface area contributed by atoms with E-state index in [1.54, 1.807) is 0 Å². The summed E-state index contributed by atoms with van der Waals surface area (Å²) in [5.41, 5.74) is 0.255. The highest BCUT2D eigenvalue weighted by molar-refractivity contribution is 5.96. The van der Waals surface area contributed by atoms with Gasteiger partial charge in [0.05, 0.1) is 19.8 Å². The fraction of sp³-hybridized carbons (Fsp3) is 0.600. The number of rotatable bonds is 10. The Morgan fingerprint density at radius 1 is 1.14 bits per heavy atom. The van der Waals surface area contributed by atoms with Crippen molar-refractivity contribution in [2.24, 2.45) is 5.92 Å². The SMILES string of the molecule is CC(C)CC(CNC(=O)CNC(=O)c1ccc(OC(F)F)cc1)N1CCOCC1. The number of nitrogens with one attached hydrogen (secondary N) is 2. The van der Waals surface area contributed by atoms with Crippen molar-refractivity contribution in [3.63, 3.8) is 0 Å². The second kappa shape index (κ2) is 11.7. The van der Waals surface area contributed by atoms with Crippen molar-refractivity contribution in [1.29, 1.82) is 0 Å². The summed E-state index contributed by atoms with van der Waals surface area (Å²) >= 11 is 0. The second-order valence-electron chi connectivity index (χ2n) is 7.32. The van der Waals surface area contributed by atoms with Crippen molar-refractivity contribution in [3.05, 3.63) is 29.8 Å². The van der Waals surface area contributed by atoms with Crippen LogP contribution in [0.5, 0.6) is 5.75 Å². The van der Waals surface area contributed by atoms with Crippen LogP contribution in [-0.4, -0.2) is 68.8 Å². The summed E-state index contributed by atoms with van der Waals surface area (Å²) < 4.78 is 33.9. The summed E-state index contributed by atoms with van der Waals surface area (Å²) in [6.07, 6.45) is 0.958. The molecule has 1 aromatic rings. The molecule has 1 unspecified atom stereocenters. The van der Waals surface area contributed by atoms with Crippen LogP contribution in [0.2, 0.25) is 0 Å². The van der Waals surface area contributed by atoms with Gasteiger partial charge >= 0.3 is 6.61 Å². The van der Waals surface area contributed by atoms with Crippen LogP contribution in [0.1, 0.15) is 30.6 Å². The van der Waals surface area contributed by atoms with Crippen molar-refractivity contribution >= 4 is 11.8 Å². The number of hydrogen-bond acceptors (Lipinski definition) is 5. The van der Waals surface area contributed by atoms with E-state index in [2.05, 4.69) is 34.1 Å². The maximum atomic E-state index is 12.2. The monoisotopic (exact) mass is 413 g/mol. The van der Waals surface area contributed by atoms with E-state index < -0.39 is 12.5 Å². The van der Waals surface area contributed by atoms with E-state index in [9.17, 15) is 18.4 Å². The molecule has 162 valence electrons. The molecule has 0 saturated carbocycles. The van der Waals surface area contributed by atoms with Crippen LogP contribution in [0.15, 0.2) is 24.3 Å². The molecule has 29 heavy (non-hydrogen) atoms. The van der Waals surface area contributed by atoms with Gasteiger partial charge in [0.2, 0.25) is 5.91 Å². The van der Waals surface area contributed by atoms with Gasteiger partial charge in [0.15, 0.2) is 0 Å². The normalized spacial score (nSPS) is 15.9. The highest BCUT2D eigenvalue weighted by atomic mass is 19.3. The third-order valence-corrected chi connectivity index (χ3v) is 4.59. The van der Waals surface area contributed by atoms with Gasteiger partial charge < -0.3 is 20.1 Å². The number of amides is 2. The largest absolute Gasteiger partial charge is 0.435 e. The summed E-state index contributed by atoms with van der Waals surface area (Å²) in [6.45, 7) is 4.79. The summed E-state index contributed by atoms with van der Waals surface area (Å²) in [6, 6.07) is 5.50. The maximum Gasteiger partial charge on any atom is 0.387 e. The molecule has 1 heterocycles. The fourth-order valence-corrected chi connectivity index (χ4v) is 3.19. The molecule has 2 amide bonds. The third kappa shape index (κ3) is 8.33. The Labute approximate surface area is 169 Å². The first kappa shape index (κ1) is 23.0. The second-order valence-corrected chi connectivity index (χ2v) is 7.32. The van der Waals surface area contributed by atoms with E-state index in [0.29, 0.717) is 25.7 Å². The van der Waals surface area contributed by atoms with Gasteiger partial charge in [0, 0.05) is 31.2 Å². The Kier molecular flexibility index (Phi) is 9.27. The van der Waals surface area contributed by atoms with Crippen LogP contribution >= 0.6 is 0 Å². The number of halogens is 2. The lowest BCUT2D eigenvalue weighted by Crippen LogP contribution is -2.50. The summed E-state index contributed by atoms with van der Waals surface area (Å²) in [5, 5.41) is 5.41. The zero-order chi connectivity index (χ0) is 21.2. The number of benzene rings is 1. The van der Waals surface area contributed by atoms with Crippen molar-refractivity contribution in [3.8, 4) is 5.75 Å². The minimum absolute atomic E-state index is 0.0337. The Bertz CT molecular complexity index is 650. The smallest absolute Gasteiger partial charge is 0.387 e. The lowest BCUT2D eigenvalue weighted by molar-refractivity contribution is -0.120. The average molecular weight is 413 g/mol. The first-order chi connectivity index (χ1) is 13.8. The molecule has 0 radical (unpaired) electrons. The molecule has 1 aliphatic rings. The molecule has 2 N–H and O–H groups in total. The fourth-order valence-electron chi connectivity index (χ4n) is 3.19. The third-order valence-electron chi connectivity index (χ3n) is 4.59. The summed E-state index contributed by atoms with van der Waals surface area (Å²) in [4.78, 5) is 26.6. The topological polar surface area (TPSA) is 79.9 Å². The van der Waals surface area contributed by atoms with Gasteiger partial charge in [-0.25, -0.2) is 0 Å². The van der Waals surface area contributed by atoms with Gasteiger partial charge in [-0.15, -0.1) is 0 Å². The first-order valence-corrected chi connectivity index (χ1v) is 9.76. The first-order valence-electron chi connectivity index (χ1n) is 9.76. The molecule has 0 aromatic heterocycles. The van der Waals surface area contributed by atoms with E-state index >= 15 is 0 Å². The van der Waals surface area contributed by atoms with E-state index in [4.69, 9.17) is 4.74 Å². The lowest BCUT2D eigenvalue weighted by Gasteiger charge is -2.35. The zero-order valence-corrected chi connectivity index (χ0v) is 16.8. The molecule has 1 aromatic carbocycles. The molecule has 1 saturated heterocycles. The van der Waals surface area contributed by atoms with Crippen LogP contribution in [0.3, 0.4) is 0 Å². The molecule has 0 spiro atoms. The van der Waals surface area contributed by atoms with Crippen LogP contribution in [0.4, 0.5) is 8.78 Å². The zero-order valence-electron chi connectivity index (χ0n) is 16.8. The van der Waals surface area contributed by atoms with Gasteiger partial charge in [0.1, 0.15) is 5.75 Å². The van der Waals surface area contributed by atoms with Crippen molar-refractivity contribution < 1.29 is 27.8 Å². The standard InChI is InChI=1S/C20H29F2N3O4/c1-14(2)11-16(25-7-9-28-10-8-25)12-23-18(26)13-24-19(27)15-3-5-17(6-4-15)29-20(21)22/h3-6,14,16,20H,7-13H2,1-2H3,(H,23,26)(H,24,27). The number of alkyl halides is 2. The Morgan fingerprint density at radius 2 is 1.79 bits per heavy atom. The van der Waals surface area contributed by atoms with E-state index in [1.165, 1.54) is 24.3 Å². The van der Waals surface area contributed by atoms with Gasteiger partial charge in [0.25, 0.3) is 5.91 Å². The summed E-state index contributed by atoms with van der Waals surface area (Å²) in [7, 11) is 0. The molecule has 1 aliphatic heterocycles. The van der Waals surface area contributed by atoms with Gasteiger partial charge in [-0.05, 0) is 36.6 Å². The Balaban J connectivity index is 1.77. The Morgan fingerprint density at radius 3 is 2.38 bits per heavy atom. The number of nitrogens with zero attached hydrogens (tertiary/aromatic N) is 1. The van der Waals surface area contributed by atoms with Crippen LogP contribution in [-0.2, 0) is 9.53 Å². The van der Waals surface area contributed by atoms with Crippen LogP contribution in [0.25, 0.3) is 0 Å². The molecular weight excluding hydrogens is 384 g/mol. The van der Waals surface area contributed by atoms with Crippen LogP contribution in [0, 0.1) is 5.92 Å². The molecule has 0 bridgehead atoms. The molecular formula is C20H29F2N3O4. The minimum atomic E-state index is -2.92. The predicted octanol–water partition coefficient (Wildman–Crippen LogP) is 1.88. The highest BCUT2D eigenvalue weighted by Gasteiger charge is 2.22. The predicted molar refractivity (Wildman–Crippen MR) is 104 cm³/mol. The van der Waals surface area contributed by atoms with E-state index in [0.717, 1.165) is 19.5 Å². The Hall–Kier alpha value is -2.26. The molecule has 0 aliphatic carbocycles. The van der Waals surface area contributed by atoms with Crippen molar-refractivity contribution in [1.82, 2.24) is 15.5 Å². The molecule has 9 heteroatoms. The minimum Gasteiger partial charge on any atom is -0.435 e.